The Bertz CT molecular complexity index is 427. The Morgan fingerprint density at radius 2 is 2.18 bits per heavy atom. The van der Waals surface area contributed by atoms with E-state index in [1.807, 2.05) is 26.8 Å². The summed E-state index contributed by atoms with van der Waals surface area (Å²) in [7, 11) is 1.37. The molecule has 94 valence electrons. The molecule has 0 spiro atoms. The summed E-state index contributed by atoms with van der Waals surface area (Å²) in [5.41, 5.74) is 0.886. The third kappa shape index (κ3) is 3.98. The van der Waals surface area contributed by atoms with E-state index in [4.69, 9.17) is 17.0 Å². The highest BCUT2D eigenvalue weighted by Crippen LogP contribution is 2.27. The molecule has 1 rings (SSSR count). The summed E-state index contributed by atoms with van der Waals surface area (Å²) < 4.78 is 4.70. The van der Waals surface area contributed by atoms with E-state index in [2.05, 4.69) is 10.6 Å². The minimum Gasteiger partial charge on any atom is -0.465 e. The van der Waals surface area contributed by atoms with Crippen molar-refractivity contribution in [2.45, 2.75) is 26.8 Å². The lowest BCUT2D eigenvalue weighted by atomic mass is 10.3. The molecular weight excluding hydrogens is 256 g/mol. The minimum atomic E-state index is -0.316. The van der Waals surface area contributed by atoms with Crippen molar-refractivity contribution >= 4 is 39.6 Å². The van der Waals surface area contributed by atoms with Gasteiger partial charge in [0.1, 0.15) is 4.88 Å². The molecule has 0 aliphatic carbocycles. The van der Waals surface area contributed by atoms with Crippen LogP contribution in [0.3, 0.4) is 0 Å². The van der Waals surface area contributed by atoms with Crippen molar-refractivity contribution in [1.29, 1.82) is 0 Å². The van der Waals surface area contributed by atoms with Gasteiger partial charge in [-0.15, -0.1) is 11.3 Å². The third-order valence-corrected chi connectivity index (χ3v) is 3.30. The number of rotatable bonds is 3. The number of carbonyl (C=O) groups is 1. The van der Waals surface area contributed by atoms with E-state index in [1.54, 1.807) is 0 Å². The third-order valence-electron chi connectivity index (χ3n) is 1.95. The average molecular weight is 272 g/mol. The second-order valence-corrected chi connectivity index (χ2v) is 5.33. The molecule has 0 atom stereocenters. The zero-order valence-corrected chi connectivity index (χ0v) is 11.9. The average Bonchev–Trinajstić information content (AvgIpc) is 2.56. The van der Waals surface area contributed by atoms with E-state index in [0.29, 0.717) is 9.99 Å². The molecule has 1 aromatic rings. The molecule has 2 N–H and O–H groups in total. The molecule has 0 amide bonds. The fourth-order valence-electron chi connectivity index (χ4n) is 1.25. The molecule has 4 nitrogen and oxygen atoms in total. The van der Waals surface area contributed by atoms with E-state index in [1.165, 1.54) is 18.4 Å². The van der Waals surface area contributed by atoms with Gasteiger partial charge in [0.05, 0.1) is 12.1 Å². The summed E-state index contributed by atoms with van der Waals surface area (Å²) in [6.45, 7) is 5.88. The fourth-order valence-corrected chi connectivity index (χ4v) is 2.65. The molecular formula is C11H16N2O2S2. The first kappa shape index (κ1) is 13.9. The maximum Gasteiger partial charge on any atom is 0.348 e. The Morgan fingerprint density at radius 3 is 2.71 bits per heavy atom. The largest absolute Gasteiger partial charge is 0.465 e. The second-order valence-electron chi connectivity index (χ2n) is 3.87. The molecule has 0 aromatic carbocycles. The molecule has 1 heterocycles. The van der Waals surface area contributed by atoms with Gasteiger partial charge in [-0.25, -0.2) is 4.79 Å². The lowest BCUT2D eigenvalue weighted by molar-refractivity contribution is 0.0605. The Kier molecular flexibility index (Phi) is 4.89. The molecule has 0 radical (unpaired) electrons. The standard InChI is InChI=1S/C11H16N2O2S2/c1-6(2)12-11(16)13-8-5-7(3)9(17-8)10(14)15-4/h5-6H,1-4H3,(H2,12,13,16). The first-order valence-corrected chi connectivity index (χ1v) is 6.42. The van der Waals surface area contributed by atoms with Crippen molar-refractivity contribution in [2.75, 3.05) is 12.4 Å². The van der Waals surface area contributed by atoms with Gasteiger partial charge in [-0.05, 0) is 44.6 Å². The van der Waals surface area contributed by atoms with E-state index in [9.17, 15) is 4.79 Å². The van der Waals surface area contributed by atoms with Crippen LogP contribution in [0.4, 0.5) is 5.00 Å². The van der Waals surface area contributed by atoms with Crippen LogP contribution in [0.1, 0.15) is 29.1 Å². The maximum absolute atomic E-state index is 11.4. The quantitative estimate of drug-likeness (QED) is 0.654. The topological polar surface area (TPSA) is 50.4 Å². The number of hydrogen-bond donors (Lipinski definition) is 2. The maximum atomic E-state index is 11.4. The molecule has 0 saturated heterocycles. The molecule has 17 heavy (non-hydrogen) atoms. The van der Waals surface area contributed by atoms with E-state index < -0.39 is 0 Å². The first-order valence-electron chi connectivity index (χ1n) is 5.20. The predicted octanol–water partition coefficient (Wildman–Crippen LogP) is 2.54. The smallest absolute Gasteiger partial charge is 0.348 e. The summed E-state index contributed by atoms with van der Waals surface area (Å²) in [6, 6.07) is 2.15. The summed E-state index contributed by atoms with van der Waals surface area (Å²) in [5.74, 6) is -0.316. The lowest BCUT2D eigenvalue weighted by Crippen LogP contribution is -2.33. The first-order chi connectivity index (χ1) is 7.93. The molecule has 0 aliphatic rings. The van der Waals surface area contributed by atoms with Gasteiger partial charge in [0.15, 0.2) is 5.11 Å². The Labute approximate surface area is 110 Å². The minimum absolute atomic E-state index is 0.274. The molecule has 6 heteroatoms. The normalized spacial score (nSPS) is 10.2. The number of carbonyl (C=O) groups excluding carboxylic acids is 1. The van der Waals surface area contributed by atoms with Crippen LogP contribution in [-0.4, -0.2) is 24.2 Å². The number of nitrogens with one attached hydrogen (secondary N) is 2. The van der Waals surface area contributed by atoms with Crippen LogP contribution in [0.25, 0.3) is 0 Å². The van der Waals surface area contributed by atoms with Crippen LogP contribution in [0.2, 0.25) is 0 Å². The Balaban J connectivity index is 2.74. The second kappa shape index (κ2) is 5.97. The number of esters is 1. The van der Waals surface area contributed by atoms with Gasteiger partial charge < -0.3 is 15.4 Å². The number of thiocarbonyl (C=S) groups is 1. The van der Waals surface area contributed by atoms with Gasteiger partial charge in [0.25, 0.3) is 0 Å². The van der Waals surface area contributed by atoms with Crippen LogP contribution in [0.15, 0.2) is 6.07 Å². The summed E-state index contributed by atoms with van der Waals surface area (Å²) in [6.07, 6.45) is 0. The van der Waals surface area contributed by atoms with Crippen molar-refractivity contribution < 1.29 is 9.53 Å². The van der Waals surface area contributed by atoms with Crippen LogP contribution in [-0.2, 0) is 4.74 Å². The highest BCUT2D eigenvalue weighted by Gasteiger charge is 2.14. The molecule has 0 bridgehead atoms. The van der Waals surface area contributed by atoms with E-state index in [-0.39, 0.29) is 12.0 Å². The lowest BCUT2D eigenvalue weighted by Gasteiger charge is -2.11. The molecule has 0 unspecified atom stereocenters. The number of methoxy groups -OCH3 is 1. The van der Waals surface area contributed by atoms with Gasteiger partial charge in [-0.1, -0.05) is 0 Å². The zero-order valence-electron chi connectivity index (χ0n) is 10.3. The van der Waals surface area contributed by atoms with E-state index >= 15 is 0 Å². The van der Waals surface area contributed by atoms with Crippen LogP contribution >= 0.6 is 23.6 Å². The summed E-state index contributed by atoms with van der Waals surface area (Å²) >= 11 is 6.46. The van der Waals surface area contributed by atoms with Crippen LogP contribution < -0.4 is 10.6 Å². The van der Waals surface area contributed by atoms with Crippen LogP contribution in [0, 0.1) is 6.92 Å². The van der Waals surface area contributed by atoms with Crippen molar-refractivity contribution in [3.05, 3.63) is 16.5 Å². The Morgan fingerprint density at radius 1 is 1.53 bits per heavy atom. The van der Waals surface area contributed by atoms with E-state index in [0.717, 1.165) is 10.6 Å². The van der Waals surface area contributed by atoms with Crippen molar-refractivity contribution in [1.82, 2.24) is 5.32 Å². The van der Waals surface area contributed by atoms with Gasteiger partial charge in [-0.3, -0.25) is 0 Å². The monoisotopic (exact) mass is 272 g/mol. The van der Waals surface area contributed by atoms with Crippen molar-refractivity contribution in [3.8, 4) is 0 Å². The van der Waals surface area contributed by atoms with Gasteiger partial charge in [0, 0.05) is 6.04 Å². The number of ether oxygens (including phenoxy) is 1. The summed E-state index contributed by atoms with van der Waals surface area (Å²) in [5, 5.41) is 7.51. The molecule has 0 fully saturated rings. The van der Waals surface area contributed by atoms with Gasteiger partial charge in [0.2, 0.25) is 0 Å². The highest BCUT2D eigenvalue weighted by atomic mass is 32.1. The zero-order chi connectivity index (χ0) is 13.0. The Hall–Kier alpha value is -1.14. The SMILES string of the molecule is COC(=O)c1sc(NC(=S)NC(C)C)cc1C. The summed E-state index contributed by atoms with van der Waals surface area (Å²) in [4.78, 5) is 12.0. The van der Waals surface area contributed by atoms with Gasteiger partial charge >= 0.3 is 5.97 Å². The fraction of sp³-hybridized carbons (Fsp3) is 0.455. The van der Waals surface area contributed by atoms with Crippen molar-refractivity contribution in [2.24, 2.45) is 0 Å². The van der Waals surface area contributed by atoms with Crippen molar-refractivity contribution in [3.63, 3.8) is 0 Å². The highest BCUT2D eigenvalue weighted by molar-refractivity contribution is 7.80. The number of aryl methyl sites for hydroxylation is 1. The van der Waals surface area contributed by atoms with Crippen LogP contribution in [0.5, 0.6) is 0 Å². The molecule has 0 aliphatic heterocycles. The molecule has 0 saturated carbocycles. The van der Waals surface area contributed by atoms with Gasteiger partial charge in [-0.2, -0.15) is 0 Å². The predicted molar refractivity (Wildman–Crippen MR) is 74.9 cm³/mol. The molecule has 1 aromatic heterocycles. The number of anilines is 1. The number of hydrogen-bond acceptors (Lipinski definition) is 4. The number of thiophene rings is 1.